The van der Waals surface area contributed by atoms with E-state index in [2.05, 4.69) is 5.32 Å². The third kappa shape index (κ3) is 3.45. The lowest BCUT2D eigenvalue weighted by Gasteiger charge is -2.29. The minimum Gasteiger partial charge on any atom is -0.378 e. The fourth-order valence-electron chi connectivity index (χ4n) is 2.08. The van der Waals surface area contributed by atoms with Crippen molar-refractivity contribution in [1.29, 1.82) is 0 Å². The van der Waals surface area contributed by atoms with Gasteiger partial charge in [0, 0.05) is 30.9 Å². The third-order valence-electron chi connectivity index (χ3n) is 3.13. The number of carbonyl (C=O) groups excluding carboxylic acids is 1. The number of rotatable bonds is 4. The summed E-state index contributed by atoms with van der Waals surface area (Å²) in [6.07, 6.45) is 0. The van der Waals surface area contributed by atoms with Crippen LogP contribution < -0.4 is 5.32 Å². The van der Waals surface area contributed by atoms with Crippen LogP contribution in [0.25, 0.3) is 0 Å². The van der Waals surface area contributed by atoms with Gasteiger partial charge in [0.05, 0.1) is 18.1 Å². The van der Waals surface area contributed by atoms with Crippen LogP contribution in [0.15, 0.2) is 24.3 Å². The molecule has 0 aliphatic carbocycles. The predicted octanol–water partition coefficient (Wildman–Crippen LogP) is 1.25. The van der Waals surface area contributed by atoms with E-state index >= 15 is 0 Å². The molecule has 0 spiro atoms. The van der Waals surface area contributed by atoms with Gasteiger partial charge in [-0.05, 0) is 13.0 Å². The summed E-state index contributed by atoms with van der Waals surface area (Å²) in [5.74, 6) is -0.0280. The van der Waals surface area contributed by atoms with Gasteiger partial charge in [0.15, 0.2) is 0 Å². The van der Waals surface area contributed by atoms with Crippen LogP contribution in [-0.4, -0.2) is 48.1 Å². The number of ether oxygens (including phenoxy) is 1. The van der Waals surface area contributed by atoms with Crippen LogP contribution in [-0.2, 0) is 9.53 Å². The van der Waals surface area contributed by atoms with Crippen LogP contribution in [0, 0.1) is 10.1 Å². The second-order valence-electron chi connectivity index (χ2n) is 4.61. The van der Waals surface area contributed by atoms with E-state index in [-0.39, 0.29) is 11.6 Å². The van der Waals surface area contributed by atoms with E-state index in [1.165, 1.54) is 12.1 Å². The van der Waals surface area contributed by atoms with Crippen molar-refractivity contribution in [2.45, 2.75) is 13.0 Å². The number of benzene rings is 1. The first kappa shape index (κ1) is 14.3. The number of hydrogen-bond acceptors (Lipinski definition) is 5. The highest BCUT2D eigenvalue weighted by Gasteiger charge is 2.22. The molecule has 7 nitrogen and oxygen atoms in total. The summed E-state index contributed by atoms with van der Waals surface area (Å²) in [6, 6.07) is 5.70. The molecule has 1 saturated heterocycles. The Morgan fingerprint density at radius 2 is 2.15 bits per heavy atom. The van der Waals surface area contributed by atoms with Gasteiger partial charge in [0.25, 0.3) is 5.69 Å². The second-order valence-corrected chi connectivity index (χ2v) is 4.61. The van der Waals surface area contributed by atoms with Gasteiger partial charge in [0.1, 0.15) is 6.04 Å². The van der Waals surface area contributed by atoms with Crippen LogP contribution in [0.5, 0.6) is 0 Å². The molecule has 1 atom stereocenters. The minimum atomic E-state index is -0.459. The zero-order valence-corrected chi connectivity index (χ0v) is 11.2. The maximum atomic E-state index is 12.2. The molecule has 1 N–H and O–H groups in total. The van der Waals surface area contributed by atoms with Crippen molar-refractivity contribution in [2.24, 2.45) is 0 Å². The third-order valence-corrected chi connectivity index (χ3v) is 3.13. The molecule has 7 heteroatoms. The van der Waals surface area contributed by atoms with Crippen LogP contribution in [0.1, 0.15) is 6.92 Å². The van der Waals surface area contributed by atoms with E-state index in [1.807, 2.05) is 0 Å². The molecule has 2 rings (SSSR count). The van der Waals surface area contributed by atoms with Gasteiger partial charge in [-0.2, -0.15) is 0 Å². The Kier molecular flexibility index (Phi) is 4.52. The number of hydrogen-bond donors (Lipinski definition) is 1. The predicted molar refractivity (Wildman–Crippen MR) is 73.6 cm³/mol. The highest BCUT2D eigenvalue weighted by Crippen LogP contribution is 2.18. The molecule has 1 aliphatic rings. The van der Waals surface area contributed by atoms with Crippen molar-refractivity contribution in [3.8, 4) is 0 Å². The van der Waals surface area contributed by atoms with Gasteiger partial charge >= 0.3 is 0 Å². The van der Waals surface area contributed by atoms with E-state index in [0.29, 0.717) is 32.0 Å². The fraction of sp³-hybridized carbons (Fsp3) is 0.462. The Labute approximate surface area is 116 Å². The van der Waals surface area contributed by atoms with E-state index in [0.717, 1.165) is 0 Å². The van der Waals surface area contributed by atoms with Crippen molar-refractivity contribution < 1.29 is 14.5 Å². The molecular weight excluding hydrogens is 262 g/mol. The van der Waals surface area contributed by atoms with Crippen molar-refractivity contribution in [2.75, 3.05) is 31.6 Å². The molecule has 108 valence electrons. The first-order chi connectivity index (χ1) is 9.58. The number of non-ortho nitro benzene ring substituents is 1. The van der Waals surface area contributed by atoms with E-state index in [9.17, 15) is 14.9 Å². The van der Waals surface area contributed by atoms with Crippen LogP contribution in [0.3, 0.4) is 0 Å². The summed E-state index contributed by atoms with van der Waals surface area (Å²) in [7, 11) is 0. The number of nitro groups is 1. The standard InChI is InChI=1S/C13H17N3O4/c1-10(13(17)15-5-7-20-8-6-15)14-11-3-2-4-12(9-11)16(18)19/h2-4,9-10,14H,5-8H2,1H3. The van der Waals surface area contributed by atoms with E-state index < -0.39 is 11.0 Å². The fourth-order valence-corrected chi connectivity index (χ4v) is 2.08. The monoisotopic (exact) mass is 279 g/mol. The molecule has 20 heavy (non-hydrogen) atoms. The topological polar surface area (TPSA) is 84.7 Å². The molecule has 0 bridgehead atoms. The van der Waals surface area contributed by atoms with Gasteiger partial charge in [-0.25, -0.2) is 0 Å². The van der Waals surface area contributed by atoms with E-state index in [4.69, 9.17) is 4.74 Å². The first-order valence-corrected chi connectivity index (χ1v) is 6.45. The van der Waals surface area contributed by atoms with Crippen LogP contribution >= 0.6 is 0 Å². The molecule has 0 saturated carbocycles. The lowest BCUT2D eigenvalue weighted by atomic mass is 10.2. The minimum absolute atomic E-state index is 0.000946. The lowest BCUT2D eigenvalue weighted by Crippen LogP contribution is -2.46. The summed E-state index contributed by atoms with van der Waals surface area (Å²) >= 11 is 0. The molecule has 1 aromatic carbocycles. The number of nitro benzene ring substituents is 1. The zero-order chi connectivity index (χ0) is 14.5. The van der Waals surface area contributed by atoms with Crippen molar-refractivity contribution >= 4 is 17.3 Å². The molecule has 1 heterocycles. The maximum absolute atomic E-state index is 12.2. The average molecular weight is 279 g/mol. The molecule has 0 aromatic heterocycles. The van der Waals surface area contributed by atoms with Gasteiger partial charge in [-0.15, -0.1) is 0 Å². The van der Waals surface area contributed by atoms with Gasteiger partial charge < -0.3 is 15.0 Å². The summed E-state index contributed by atoms with van der Waals surface area (Å²) in [6.45, 7) is 4.01. The Balaban J connectivity index is 1.99. The first-order valence-electron chi connectivity index (χ1n) is 6.45. The van der Waals surface area contributed by atoms with Crippen molar-refractivity contribution in [3.05, 3.63) is 34.4 Å². The highest BCUT2D eigenvalue weighted by atomic mass is 16.6. The number of nitrogens with zero attached hydrogens (tertiary/aromatic N) is 2. The van der Waals surface area contributed by atoms with Gasteiger partial charge in [0.2, 0.25) is 5.91 Å². The molecule has 1 amide bonds. The quantitative estimate of drug-likeness (QED) is 0.662. The number of anilines is 1. The normalized spacial score (nSPS) is 16.6. The molecule has 1 aliphatic heterocycles. The van der Waals surface area contributed by atoms with Gasteiger partial charge in [-0.3, -0.25) is 14.9 Å². The SMILES string of the molecule is CC(Nc1cccc([N+](=O)[O-])c1)C(=O)N1CCOCC1. The van der Waals surface area contributed by atoms with Crippen molar-refractivity contribution in [1.82, 2.24) is 4.90 Å². The van der Waals surface area contributed by atoms with Crippen LogP contribution in [0.2, 0.25) is 0 Å². The molecule has 1 aromatic rings. The molecular formula is C13H17N3O4. The lowest BCUT2D eigenvalue weighted by molar-refractivity contribution is -0.384. The Bertz CT molecular complexity index is 500. The summed E-state index contributed by atoms with van der Waals surface area (Å²) in [5, 5.41) is 13.7. The van der Waals surface area contributed by atoms with E-state index in [1.54, 1.807) is 24.0 Å². The number of morpholine rings is 1. The summed E-state index contributed by atoms with van der Waals surface area (Å²) < 4.78 is 5.20. The average Bonchev–Trinajstić information content (AvgIpc) is 2.47. The Morgan fingerprint density at radius 1 is 1.45 bits per heavy atom. The van der Waals surface area contributed by atoms with Crippen LogP contribution in [0.4, 0.5) is 11.4 Å². The second kappa shape index (κ2) is 6.33. The largest absolute Gasteiger partial charge is 0.378 e. The smallest absolute Gasteiger partial charge is 0.271 e. The molecule has 0 radical (unpaired) electrons. The zero-order valence-electron chi connectivity index (χ0n) is 11.2. The Morgan fingerprint density at radius 3 is 2.80 bits per heavy atom. The molecule has 1 unspecified atom stereocenters. The molecule has 1 fully saturated rings. The maximum Gasteiger partial charge on any atom is 0.271 e. The summed E-state index contributed by atoms with van der Waals surface area (Å²) in [5.41, 5.74) is 0.564. The number of nitrogens with one attached hydrogen (secondary N) is 1. The highest BCUT2D eigenvalue weighted by molar-refractivity contribution is 5.84. The van der Waals surface area contributed by atoms with Gasteiger partial charge in [-0.1, -0.05) is 6.07 Å². The Hall–Kier alpha value is -2.15. The number of amides is 1. The van der Waals surface area contributed by atoms with Crippen molar-refractivity contribution in [3.63, 3.8) is 0 Å². The summed E-state index contributed by atoms with van der Waals surface area (Å²) in [4.78, 5) is 24.2. The number of carbonyl (C=O) groups is 1.